The highest BCUT2D eigenvalue weighted by atomic mass is 28.2. The fourth-order valence-corrected chi connectivity index (χ4v) is 1.84. The molecule has 0 spiro atoms. The Bertz CT molecular complexity index is 149. The molecule has 0 aromatic heterocycles. The topological polar surface area (TPSA) is 26.3 Å². The summed E-state index contributed by atoms with van der Waals surface area (Å²) in [5.41, 5.74) is 0. The molecule has 0 saturated carbocycles. The van der Waals surface area contributed by atoms with E-state index in [9.17, 15) is 4.79 Å². The van der Waals surface area contributed by atoms with E-state index in [2.05, 4.69) is 6.92 Å². The summed E-state index contributed by atoms with van der Waals surface area (Å²) >= 11 is 0. The average molecular weight is 228 g/mol. The van der Waals surface area contributed by atoms with Gasteiger partial charge >= 0.3 is 9.76 Å². The van der Waals surface area contributed by atoms with Gasteiger partial charge in [-0.3, -0.25) is 4.79 Å². The first kappa shape index (κ1) is 14.7. The predicted molar refractivity (Wildman–Crippen MR) is 64.9 cm³/mol. The Morgan fingerprint density at radius 2 is 1.60 bits per heavy atom. The lowest BCUT2D eigenvalue weighted by Crippen LogP contribution is -2.07. The Kier molecular flexibility index (Phi) is 11.5. The maximum absolute atomic E-state index is 11.1. The summed E-state index contributed by atoms with van der Waals surface area (Å²) in [5, 5.41) is 0. The summed E-state index contributed by atoms with van der Waals surface area (Å²) in [7, 11) is 0.358. The molecule has 0 rings (SSSR count). The van der Waals surface area contributed by atoms with Gasteiger partial charge in [0.05, 0.1) is 0 Å². The van der Waals surface area contributed by atoms with E-state index in [0.29, 0.717) is 16.2 Å². The van der Waals surface area contributed by atoms with Crippen LogP contribution in [0.3, 0.4) is 0 Å². The van der Waals surface area contributed by atoms with E-state index in [4.69, 9.17) is 4.43 Å². The minimum absolute atomic E-state index is 0.0104. The highest BCUT2D eigenvalue weighted by molar-refractivity contribution is 6.30. The molecule has 3 heteroatoms. The van der Waals surface area contributed by atoms with Crippen molar-refractivity contribution in [3.8, 4) is 0 Å². The molecule has 0 amide bonds. The minimum Gasteiger partial charge on any atom is -0.516 e. The van der Waals surface area contributed by atoms with E-state index in [0.717, 1.165) is 12.5 Å². The van der Waals surface area contributed by atoms with Crippen LogP contribution in [-0.4, -0.2) is 15.7 Å². The molecule has 0 N–H and O–H groups in total. The molecule has 0 aromatic rings. The third-order valence-corrected chi connectivity index (χ3v) is 2.98. The van der Waals surface area contributed by atoms with Crippen LogP contribution in [0, 0.1) is 0 Å². The average Bonchev–Trinajstić information content (AvgIpc) is 2.25. The zero-order valence-electron chi connectivity index (χ0n) is 10.2. The van der Waals surface area contributed by atoms with E-state index < -0.39 is 0 Å². The summed E-state index contributed by atoms with van der Waals surface area (Å²) < 4.78 is 5.03. The SMILES string of the molecule is CCCCCCCCCC(=O)O[Si]CC. The first-order valence-corrected chi connectivity index (χ1v) is 7.35. The molecular weight excluding hydrogens is 204 g/mol. The van der Waals surface area contributed by atoms with Gasteiger partial charge in [0, 0.05) is 6.42 Å². The number of unbranched alkanes of at least 4 members (excludes halogenated alkanes) is 6. The second-order valence-corrected chi connectivity index (χ2v) is 5.04. The van der Waals surface area contributed by atoms with E-state index in [1.165, 1.54) is 38.5 Å². The highest BCUT2D eigenvalue weighted by Crippen LogP contribution is 2.08. The molecule has 0 aromatic carbocycles. The molecule has 0 aliphatic carbocycles. The van der Waals surface area contributed by atoms with E-state index in [1.807, 2.05) is 6.92 Å². The number of hydrogen-bond acceptors (Lipinski definition) is 2. The molecule has 0 saturated heterocycles. The maximum Gasteiger partial charge on any atom is 0.314 e. The van der Waals surface area contributed by atoms with Crippen LogP contribution in [0.5, 0.6) is 0 Å². The van der Waals surface area contributed by atoms with Crippen molar-refractivity contribution < 1.29 is 9.22 Å². The third kappa shape index (κ3) is 11.6. The molecule has 88 valence electrons. The van der Waals surface area contributed by atoms with Crippen LogP contribution in [0.25, 0.3) is 0 Å². The van der Waals surface area contributed by atoms with Crippen molar-refractivity contribution in [2.24, 2.45) is 0 Å². The smallest absolute Gasteiger partial charge is 0.314 e. The van der Waals surface area contributed by atoms with Crippen LogP contribution in [-0.2, 0) is 9.22 Å². The van der Waals surface area contributed by atoms with Crippen LogP contribution < -0.4 is 0 Å². The van der Waals surface area contributed by atoms with Gasteiger partial charge in [0.2, 0.25) is 0 Å². The lowest BCUT2D eigenvalue weighted by Gasteiger charge is -2.02. The van der Waals surface area contributed by atoms with Crippen molar-refractivity contribution in [3.05, 3.63) is 0 Å². The molecule has 0 aliphatic rings. The Balaban J connectivity index is 3.06. The summed E-state index contributed by atoms with van der Waals surface area (Å²) in [6.07, 6.45) is 9.36. The van der Waals surface area contributed by atoms with Crippen molar-refractivity contribution in [3.63, 3.8) is 0 Å². The van der Waals surface area contributed by atoms with Crippen LogP contribution >= 0.6 is 0 Å². The summed E-state index contributed by atoms with van der Waals surface area (Å²) in [4.78, 5) is 11.1. The van der Waals surface area contributed by atoms with Gasteiger partial charge in [0.15, 0.2) is 0 Å². The van der Waals surface area contributed by atoms with E-state index >= 15 is 0 Å². The van der Waals surface area contributed by atoms with Crippen LogP contribution in [0.2, 0.25) is 6.04 Å². The molecule has 0 fully saturated rings. The quantitative estimate of drug-likeness (QED) is 0.421. The first-order chi connectivity index (χ1) is 7.31. The third-order valence-electron chi connectivity index (χ3n) is 2.31. The van der Waals surface area contributed by atoms with Crippen molar-refractivity contribution >= 4 is 15.7 Å². The Hall–Kier alpha value is -0.313. The van der Waals surface area contributed by atoms with Gasteiger partial charge in [-0.15, -0.1) is 0 Å². The molecule has 0 bridgehead atoms. The van der Waals surface area contributed by atoms with Gasteiger partial charge in [-0.05, 0) is 12.5 Å². The Labute approximate surface area is 96.7 Å². The zero-order chi connectivity index (χ0) is 11.4. The van der Waals surface area contributed by atoms with Gasteiger partial charge in [-0.25, -0.2) is 0 Å². The number of carbonyl (C=O) groups is 1. The minimum atomic E-state index is -0.0104. The Morgan fingerprint density at radius 3 is 2.20 bits per heavy atom. The zero-order valence-corrected chi connectivity index (χ0v) is 11.2. The molecule has 0 heterocycles. The summed E-state index contributed by atoms with van der Waals surface area (Å²) in [6, 6.07) is 0.947. The fourth-order valence-electron chi connectivity index (χ4n) is 1.43. The highest BCUT2D eigenvalue weighted by Gasteiger charge is 2.01. The summed E-state index contributed by atoms with van der Waals surface area (Å²) in [6.45, 7) is 4.25. The second-order valence-electron chi connectivity index (χ2n) is 3.84. The van der Waals surface area contributed by atoms with Crippen LogP contribution in [0.1, 0.15) is 65.2 Å². The van der Waals surface area contributed by atoms with Gasteiger partial charge in [0.25, 0.3) is 5.97 Å². The van der Waals surface area contributed by atoms with Gasteiger partial charge in [0.1, 0.15) is 0 Å². The molecular formula is C12H24O2Si. The Morgan fingerprint density at radius 1 is 1.00 bits per heavy atom. The molecule has 15 heavy (non-hydrogen) atoms. The normalized spacial score (nSPS) is 10.3. The van der Waals surface area contributed by atoms with Crippen molar-refractivity contribution in [1.29, 1.82) is 0 Å². The van der Waals surface area contributed by atoms with Crippen molar-refractivity contribution in [2.45, 2.75) is 71.3 Å². The fraction of sp³-hybridized carbons (Fsp3) is 0.917. The van der Waals surface area contributed by atoms with Gasteiger partial charge in [-0.1, -0.05) is 52.4 Å². The number of carbonyl (C=O) groups excluding carboxylic acids is 1. The molecule has 2 nitrogen and oxygen atoms in total. The summed E-state index contributed by atoms with van der Waals surface area (Å²) in [5.74, 6) is -0.0104. The molecule has 0 unspecified atom stereocenters. The predicted octanol–water partition coefficient (Wildman–Crippen LogP) is 3.73. The van der Waals surface area contributed by atoms with Gasteiger partial charge in [-0.2, -0.15) is 0 Å². The van der Waals surface area contributed by atoms with Gasteiger partial charge < -0.3 is 4.43 Å². The molecule has 2 radical (unpaired) electrons. The maximum atomic E-state index is 11.1. The largest absolute Gasteiger partial charge is 0.516 e. The lowest BCUT2D eigenvalue weighted by atomic mass is 10.1. The lowest BCUT2D eigenvalue weighted by molar-refractivity contribution is -0.134. The first-order valence-electron chi connectivity index (χ1n) is 6.23. The second kappa shape index (κ2) is 11.8. The van der Waals surface area contributed by atoms with Crippen molar-refractivity contribution in [2.75, 3.05) is 0 Å². The molecule has 0 aliphatic heterocycles. The van der Waals surface area contributed by atoms with Crippen molar-refractivity contribution in [1.82, 2.24) is 0 Å². The molecule has 0 atom stereocenters. The number of rotatable bonds is 10. The van der Waals surface area contributed by atoms with E-state index in [1.54, 1.807) is 0 Å². The van der Waals surface area contributed by atoms with E-state index in [-0.39, 0.29) is 5.97 Å². The monoisotopic (exact) mass is 228 g/mol. The van der Waals surface area contributed by atoms with Crippen LogP contribution in [0.4, 0.5) is 0 Å². The van der Waals surface area contributed by atoms with Crippen LogP contribution in [0.15, 0.2) is 0 Å². The number of hydrogen-bond donors (Lipinski definition) is 0. The standard InChI is InChI=1S/C12H24O2Si/c1-3-5-6-7-8-9-10-11-12(13)14-15-4-2/h3-11H2,1-2H3.